The van der Waals surface area contributed by atoms with Gasteiger partial charge < -0.3 is 24.0 Å². The fourth-order valence-electron chi connectivity index (χ4n) is 5.66. The van der Waals surface area contributed by atoms with Crippen molar-refractivity contribution in [3.63, 3.8) is 0 Å². The summed E-state index contributed by atoms with van der Waals surface area (Å²) in [5.74, 6) is 0.909. The summed E-state index contributed by atoms with van der Waals surface area (Å²) in [7, 11) is 0. The molecule has 3 aromatic rings. The summed E-state index contributed by atoms with van der Waals surface area (Å²) >= 11 is 0. The second kappa shape index (κ2) is 11.0. The number of nitrogens with zero attached hydrogens (tertiary/aromatic N) is 4. The fraction of sp³-hybridized carbons (Fsp3) is 0.533. The third kappa shape index (κ3) is 6.14. The molecule has 0 spiro atoms. The van der Waals surface area contributed by atoms with Crippen molar-refractivity contribution in [2.45, 2.75) is 70.3 Å². The lowest BCUT2D eigenvalue weighted by Gasteiger charge is -2.56. The molecule has 2 aliphatic heterocycles. The van der Waals surface area contributed by atoms with Crippen LogP contribution >= 0.6 is 0 Å². The van der Waals surface area contributed by atoms with Crippen LogP contribution in [0.15, 0.2) is 47.2 Å². The van der Waals surface area contributed by atoms with Crippen LogP contribution in [0.5, 0.6) is 0 Å². The molecule has 5 rings (SSSR count). The van der Waals surface area contributed by atoms with Gasteiger partial charge in [0.2, 0.25) is 11.7 Å². The first-order valence-corrected chi connectivity index (χ1v) is 13.9. The first-order valence-electron chi connectivity index (χ1n) is 13.9. The maximum Gasteiger partial charge on any atom is 0.410 e. The summed E-state index contributed by atoms with van der Waals surface area (Å²) in [6.45, 7) is 8.65. The number of rotatable bonds is 6. The van der Waals surface area contributed by atoms with Crippen molar-refractivity contribution in [3.8, 4) is 11.4 Å². The van der Waals surface area contributed by atoms with E-state index in [2.05, 4.69) is 15.1 Å². The van der Waals surface area contributed by atoms with E-state index in [0.717, 1.165) is 12.8 Å². The average molecular weight is 589 g/mol. The number of hydrogen-bond donors (Lipinski definition) is 1. The molecule has 12 heteroatoms. The molecule has 2 aliphatic rings. The molecule has 0 saturated carbocycles. The van der Waals surface area contributed by atoms with Crippen LogP contribution in [0, 0.1) is 5.41 Å². The number of carbonyl (C=O) groups is 1. The van der Waals surface area contributed by atoms with E-state index in [0.29, 0.717) is 41.6 Å². The van der Waals surface area contributed by atoms with Crippen LogP contribution in [-0.4, -0.2) is 69.3 Å². The zero-order valence-corrected chi connectivity index (χ0v) is 24.1. The van der Waals surface area contributed by atoms with Crippen LogP contribution in [0.25, 0.3) is 11.4 Å². The highest BCUT2D eigenvalue weighted by atomic mass is 19.4. The van der Waals surface area contributed by atoms with Gasteiger partial charge >= 0.3 is 12.3 Å². The van der Waals surface area contributed by atoms with Crippen molar-refractivity contribution < 1.29 is 37.1 Å². The quantitative estimate of drug-likeness (QED) is 0.395. The van der Waals surface area contributed by atoms with Crippen molar-refractivity contribution in [1.82, 2.24) is 20.0 Å². The Kier molecular flexibility index (Phi) is 7.82. The largest absolute Gasteiger partial charge is 0.444 e. The molecule has 0 bridgehead atoms. The van der Waals surface area contributed by atoms with Crippen LogP contribution in [0.1, 0.15) is 69.0 Å². The molecule has 226 valence electrons. The normalized spacial score (nSPS) is 19.2. The highest BCUT2D eigenvalue weighted by Crippen LogP contribution is 2.51. The average Bonchev–Trinajstić information content (AvgIpc) is 3.40. The van der Waals surface area contributed by atoms with Crippen LogP contribution in [0.2, 0.25) is 0 Å². The lowest BCUT2D eigenvalue weighted by Crippen LogP contribution is -2.66. The van der Waals surface area contributed by atoms with Crippen molar-refractivity contribution in [3.05, 3.63) is 65.3 Å². The number of ether oxygens (including phenoxy) is 2. The maximum atomic E-state index is 13.0. The van der Waals surface area contributed by atoms with Gasteiger partial charge in [0, 0.05) is 61.2 Å². The molecule has 1 aromatic carbocycles. The van der Waals surface area contributed by atoms with Crippen molar-refractivity contribution >= 4 is 6.09 Å². The minimum absolute atomic E-state index is 0.0714. The van der Waals surface area contributed by atoms with E-state index in [1.165, 1.54) is 35.4 Å². The molecule has 2 aromatic heterocycles. The third-order valence-electron chi connectivity index (χ3n) is 7.81. The molecular formula is C30H35F3N4O5. The molecule has 9 nitrogen and oxygen atoms in total. The third-order valence-corrected chi connectivity index (χ3v) is 7.81. The fourth-order valence-corrected chi connectivity index (χ4v) is 5.66. The number of aliphatic hydroxyl groups is 1. The van der Waals surface area contributed by atoms with Gasteiger partial charge in [0.25, 0.3) is 0 Å². The predicted octanol–water partition coefficient (Wildman–Crippen LogP) is 5.62. The van der Waals surface area contributed by atoms with E-state index in [4.69, 9.17) is 14.0 Å². The molecule has 1 amide bonds. The van der Waals surface area contributed by atoms with E-state index < -0.39 is 35.3 Å². The number of alkyl halides is 3. The summed E-state index contributed by atoms with van der Waals surface area (Å²) in [5, 5.41) is 16.7. The Hall–Kier alpha value is -3.51. The number of hydrogen-bond acceptors (Lipinski definition) is 8. The molecular weight excluding hydrogens is 553 g/mol. The molecule has 42 heavy (non-hydrogen) atoms. The Morgan fingerprint density at radius 1 is 1.10 bits per heavy atom. The highest BCUT2D eigenvalue weighted by Gasteiger charge is 2.58. The number of halogens is 3. The first-order chi connectivity index (χ1) is 19.7. The highest BCUT2D eigenvalue weighted by molar-refractivity contribution is 5.70. The second-order valence-corrected chi connectivity index (χ2v) is 12.4. The number of pyridine rings is 1. The SMILES string of the molecule is CC(C)(C)OC(=O)N1CC(C)([C@](O)(c2ccc(CC(F)(F)F)cc2)c2cncc(-c3noc(C4CCOCC4)n3)c2)C1. The van der Waals surface area contributed by atoms with Crippen molar-refractivity contribution in [2.24, 2.45) is 5.41 Å². The molecule has 2 fully saturated rings. The summed E-state index contributed by atoms with van der Waals surface area (Å²) in [4.78, 5) is 23.2. The van der Waals surface area contributed by atoms with E-state index in [1.807, 2.05) is 6.92 Å². The van der Waals surface area contributed by atoms with E-state index in [1.54, 1.807) is 33.0 Å². The van der Waals surface area contributed by atoms with Gasteiger partial charge in [-0.05, 0) is 50.8 Å². The molecule has 0 unspecified atom stereocenters. The smallest absolute Gasteiger partial charge is 0.410 e. The van der Waals surface area contributed by atoms with Gasteiger partial charge in [0.05, 0.1) is 6.42 Å². The summed E-state index contributed by atoms with van der Waals surface area (Å²) in [5.41, 5.74) is -2.03. The van der Waals surface area contributed by atoms with Gasteiger partial charge in [-0.2, -0.15) is 18.2 Å². The molecule has 4 heterocycles. The standard InChI is InChI=1S/C30H35F3N4O5/c1-27(2,3)41-26(38)37-17-28(4,18-37)30(39,22-7-5-19(6-8-22)14-29(31,32)33)23-13-21(15-34-16-23)24-35-25(42-36-24)20-9-11-40-12-10-20/h5-8,13,15-16,20,39H,9-12,14,17-18H2,1-4H3/t30-/m0/s1. The van der Waals surface area contributed by atoms with E-state index in [-0.39, 0.29) is 24.6 Å². The summed E-state index contributed by atoms with van der Waals surface area (Å²) in [6, 6.07) is 7.41. The van der Waals surface area contributed by atoms with Gasteiger partial charge in [-0.25, -0.2) is 4.79 Å². The maximum absolute atomic E-state index is 13.0. The second-order valence-electron chi connectivity index (χ2n) is 12.4. The zero-order chi connectivity index (χ0) is 30.3. The van der Waals surface area contributed by atoms with Gasteiger partial charge in [-0.3, -0.25) is 4.98 Å². The van der Waals surface area contributed by atoms with Gasteiger partial charge in [0.15, 0.2) is 0 Å². The topological polar surface area (TPSA) is 111 Å². The molecule has 0 radical (unpaired) electrons. The monoisotopic (exact) mass is 588 g/mol. The van der Waals surface area contributed by atoms with Gasteiger partial charge in [-0.15, -0.1) is 0 Å². The Morgan fingerprint density at radius 3 is 2.38 bits per heavy atom. The van der Waals surface area contributed by atoms with Crippen LogP contribution in [-0.2, 0) is 21.5 Å². The molecule has 0 aliphatic carbocycles. The van der Waals surface area contributed by atoms with Crippen LogP contribution < -0.4 is 0 Å². The Morgan fingerprint density at radius 2 is 1.76 bits per heavy atom. The summed E-state index contributed by atoms with van der Waals surface area (Å²) < 4.78 is 55.5. The van der Waals surface area contributed by atoms with Gasteiger partial charge in [-0.1, -0.05) is 36.3 Å². The lowest BCUT2D eigenvalue weighted by molar-refractivity contribution is -0.131. The van der Waals surface area contributed by atoms with Crippen LogP contribution in [0.3, 0.4) is 0 Å². The zero-order valence-electron chi connectivity index (χ0n) is 24.1. The van der Waals surface area contributed by atoms with Crippen LogP contribution in [0.4, 0.5) is 18.0 Å². The summed E-state index contributed by atoms with van der Waals surface area (Å²) in [6.07, 6.45) is -1.34. The number of carbonyl (C=O) groups excluding carboxylic acids is 1. The lowest BCUT2D eigenvalue weighted by atomic mass is 9.62. The first kappa shape index (κ1) is 30.0. The Bertz CT molecular complexity index is 1410. The van der Waals surface area contributed by atoms with Gasteiger partial charge in [0.1, 0.15) is 11.2 Å². The molecule has 1 N–H and O–H groups in total. The predicted molar refractivity (Wildman–Crippen MR) is 145 cm³/mol. The van der Waals surface area contributed by atoms with E-state index >= 15 is 0 Å². The minimum atomic E-state index is -4.36. The Balaban J connectivity index is 1.49. The number of benzene rings is 1. The van der Waals surface area contributed by atoms with Crippen molar-refractivity contribution in [1.29, 1.82) is 0 Å². The van der Waals surface area contributed by atoms with E-state index in [9.17, 15) is 23.1 Å². The molecule has 2 saturated heterocycles. The number of aromatic nitrogens is 3. The Labute approximate surface area is 242 Å². The number of likely N-dealkylation sites (tertiary alicyclic amines) is 1. The minimum Gasteiger partial charge on any atom is -0.444 e. The van der Waals surface area contributed by atoms with Crippen molar-refractivity contribution in [2.75, 3.05) is 26.3 Å². The number of amides is 1. The molecule has 1 atom stereocenters.